The fourth-order valence-corrected chi connectivity index (χ4v) is 1.97. The van der Waals surface area contributed by atoms with Crippen LogP contribution in [0, 0.1) is 0 Å². The number of hydrogen-bond acceptors (Lipinski definition) is 0. The molecule has 1 aromatic heterocycles. The number of nitrogens with one attached hydrogen (secondary N) is 1. The van der Waals surface area contributed by atoms with E-state index in [4.69, 9.17) is 0 Å². The van der Waals surface area contributed by atoms with Gasteiger partial charge in [-0.2, -0.15) is 0 Å². The zero-order chi connectivity index (χ0) is 10.9. The van der Waals surface area contributed by atoms with E-state index in [1.165, 1.54) is 50.9 Å². The SMILES string of the molecule is CCCCCCCC[n+]1cc[nH]c1CC. The Hall–Kier alpha value is -0.790. The summed E-state index contributed by atoms with van der Waals surface area (Å²) in [5.74, 6) is 1.35. The van der Waals surface area contributed by atoms with Gasteiger partial charge in [0.1, 0.15) is 12.4 Å². The van der Waals surface area contributed by atoms with Crippen LogP contribution >= 0.6 is 0 Å². The molecule has 1 heterocycles. The van der Waals surface area contributed by atoms with Crippen molar-refractivity contribution in [2.75, 3.05) is 0 Å². The van der Waals surface area contributed by atoms with Crippen LogP contribution < -0.4 is 4.57 Å². The Balaban J connectivity index is 2.09. The van der Waals surface area contributed by atoms with Gasteiger partial charge in [0.2, 0.25) is 0 Å². The second kappa shape index (κ2) is 7.49. The van der Waals surface area contributed by atoms with Crippen molar-refractivity contribution in [3.05, 3.63) is 18.2 Å². The average molecular weight is 209 g/mol. The van der Waals surface area contributed by atoms with Gasteiger partial charge in [0.15, 0.2) is 0 Å². The third-order valence-electron chi connectivity index (χ3n) is 2.94. The Morgan fingerprint density at radius 3 is 2.53 bits per heavy atom. The van der Waals surface area contributed by atoms with Gasteiger partial charge in [-0.3, -0.25) is 0 Å². The molecule has 0 aliphatic heterocycles. The fraction of sp³-hybridized carbons (Fsp3) is 0.769. The summed E-state index contributed by atoms with van der Waals surface area (Å²) in [6.45, 7) is 5.64. The van der Waals surface area contributed by atoms with E-state index in [0.717, 1.165) is 6.42 Å². The van der Waals surface area contributed by atoms with Gasteiger partial charge in [-0.15, -0.1) is 0 Å². The highest BCUT2D eigenvalue weighted by atomic mass is 15.1. The molecular weight excluding hydrogens is 184 g/mol. The van der Waals surface area contributed by atoms with Crippen LogP contribution in [0.25, 0.3) is 0 Å². The van der Waals surface area contributed by atoms with Crippen molar-refractivity contribution in [2.45, 2.75) is 65.3 Å². The maximum atomic E-state index is 3.28. The Bertz CT molecular complexity index is 253. The lowest BCUT2D eigenvalue weighted by molar-refractivity contribution is -0.703. The minimum absolute atomic E-state index is 1.10. The summed E-state index contributed by atoms with van der Waals surface area (Å²) < 4.78 is 2.35. The van der Waals surface area contributed by atoms with E-state index in [1.54, 1.807) is 0 Å². The number of aromatic amines is 1. The van der Waals surface area contributed by atoms with Gasteiger partial charge in [0, 0.05) is 6.42 Å². The van der Waals surface area contributed by atoms with E-state index >= 15 is 0 Å². The maximum Gasteiger partial charge on any atom is 0.253 e. The van der Waals surface area contributed by atoms with Crippen LogP contribution in [0.2, 0.25) is 0 Å². The van der Waals surface area contributed by atoms with Gasteiger partial charge in [-0.05, 0) is 12.8 Å². The molecule has 0 aliphatic rings. The number of nitrogens with zero attached hydrogens (tertiary/aromatic N) is 1. The van der Waals surface area contributed by atoms with Crippen LogP contribution in [-0.2, 0) is 13.0 Å². The molecule has 1 N–H and O–H groups in total. The van der Waals surface area contributed by atoms with Crippen LogP contribution in [0.5, 0.6) is 0 Å². The van der Waals surface area contributed by atoms with Crippen molar-refractivity contribution in [2.24, 2.45) is 0 Å². The van der Waals surface area contributed by atoms with Crippen molar-refractivity contribution in [3.8, 4) is 0 Å². The summed E-state index contributed by atoms with van der Waals surface area (Å²) in [4.78, 5) is 3.28. The van der Waals surface area contributed by atoms with Crippen molar-refractivity contribution < 1.29 is 4.57 Å². The van der Waals surface area contributed by atoms with E-state index in [9.17, 15) is 0 Å². The molecule has 86 valence electrons. The third kappa shape index (κ3) is 4.50. The van der Waals surface area contributed by atoms with Gasteiger partial charge < -0.3 is 0 Å². The number of aromatic nitrogens is 2. The smallest absolute Gasteiger partial charge is 0.248 e. The molecule has 0 atom stereocenters. The predicted octanol–water partition coefficient (Wildman–Crippen LogP) is 3.23. The number of aryl methyl sites for hydroxylation is 2. The standard InChI is InChI=1S/C13H24N2/c1-3-5-6-7-8-9-11-15-12-10-14-13(15)4-2/h10,12H,3-9,11H2,1-2H3/p+1. The molecule has 0 spiro atoms. The first-order valence-corrected chi connectivity index (χ1v) is 6.44. The summed E-state index contributed by atoms with van der Waals surface area (Å²) >= 11 is 0. The normalized spacial score (nSPS) is 10.8. The van der Waals surface area contributed by atoms with E-state index in [1.807, 2.05) is 6.20 Å². The summed E-state index contributed by atoms with van der Waals surface area (Å²) in [7, 11) is 0. The first kappa shape index (κ1) is 12.3. The van der Waals surface area contributed by atoms with Gasteiger partial charge in [0.05, 0.1) is 6.54 Å². The molecule has 2 heteroatoms. The molecule has 1 aromatic rings. The first-order valence-electron chi connectivity index (χ1n) is 6.44. The number of H-pyrrole nitrogens is 1. The Morgan fingerprint density at radius 1 is 1.07 bits per heavy atom. The Morgan fingerprint density at radius 2 is 1.80 bits per heavy atom. The highest BCUT2D eigenvalue weighted by Gasteiger charge is 2.06. The molecule has 0 saturated carbocycles. The molecule has 0 saturated heterocycles. The van der Waals surface area contributed by atoms with Gasteiger partial charge in [0.25, 0.3) is 5.82 Å². The summed E-state index contributed by atoms with van der Waals surface area (Å²) in [5, 5.41) is 0. The Labute approximate surface area is 93.7 Å². The third-order valence-corrected chi connectivity index (χ3v) is 2.94. The Kier molecular flexibility index (Phi) is 6.14. The van der Waals surface area contributed by atoms with Crippen molar-refractivity contribution in [1.82, 2.24) is 4.98 Å². The van der Waals surface area contributed by atoms with Crippen LogP contribution in [0.15, 0.2) is 12.4 Å². The minimum atomic E-state index is 1.10. The average Bonchev–Trinajstić information content (AvgIpc) is 2.70. The highest BCUT2D eigenvalue weighted by Crippen LogP contribution is 2.04. The zero-order valence-corrected chi connectivity index (χ0v) is 10.3. The van der Waals surface area contributed by atoms with Crippen LogP contribution in [0.4, 0.5) is 0 Å². The van der Waals surface area contributed by atoms with Crippen molar-refractivity contribution in [3.63, 3.8) is 0 Å². The number of unbranched alkanes of at least 4 members (excludes halogenated alkanes) is 5. The fourth-order valence-electron chi connectivity index (χ4n) is 1.97. The molecule has 15 heavy (non-hydrogen) atoms. The molecule has 2 nitrogen and oxygen atoms in total. The topological polar surface area (TPSA) is 19.7 Å². The quantitative estimate of drug-likeness (QED) is 0.501. The lowest BCUT2D eigenvalue weighted by atomic mass is 10.1. The number of rotatable bonds is 8. The predicted molar refractivity (Wildman–Crippen MR) is 63.7 cm³/mol. The molecule has 0 radical (unpaired) electrons. The summed E-state index contributed by atoms with van der Waals surface area (Å²) in [5.41, 5.74) is 0. The van der Waals surface area contributed by atoms with Gasteiger partial charge in [-0.25, -0.2) is 9.55 Å². The lowest BCUT2D eigenvalue weighted by Gasteiger charge is -2.00. The molecule has 0 aliphatic carbocycles. The van der Waals surface area contributed by atoms with Crippen LogP contribution in [0.1, 0.15) is 58.2 Å². The van der Waals surface area contributed by atoms with Gasteiger partial charge in [-0.1, -0.05) is 39.5 Å². The molecule has 0 amide bonds. The van der Waals surface area contributed by atoms with E-state index in [-0.39, 0.29) is 0 Å². The van der Waals surface area contributed by atoms with Crippen molar-refractivity contribution >= 4 is 0 Å². The van der Waals surface area contributed by atoms with E-state index in [0.29, 0.717) is 0 Å². The van der Waals surface area contributed by atoms with E-state index in [2.05, 4.69) is 29.6 Å². The lowest BCUT2D eigenvalue weighted by Crippen LogP contribution is -2.35. The minimum Gasteiger partial charge on any atom is -0.248 e. The van der Waals surface area contributed by atoms with Crippen LogP contribution in [0.3, 0.4) is 0 Å². The zero-order valence-electron chi connectivity index (χ0n) is 10.3. The second-order valence-corrected chi connectivity index (χ2v) is 4.22. The second-order valence-electron chi connectivity index (χ2n) is 4.22. The monoisotopic (exact) mass is 209 g/mol. The number of hydrogen-bond donors (Lipinski definition) is 1. The summed E-state index contributed by atoms with van der Waals surface area (Å²) in [6, 6.07) is 0. The highest BCUT2D eigenvalue weighted by molar-refractivity contribution is 4.75. The summed E-state index contributed by atoms with van der Waals surface area (Å²) in [6.07, 6.45) is 13.5. The van der Waals surface area contributed by atoms with E-state index < -0.39 is 0 Å². The molecule has 0 aromatic carbocycles. The van der Waals surface area contributed by atoms with Gasteiger partial charge >= 0.3 is 0 Å². The largest absolute Gasteiger partial charge is 0.253 e. The van der Waals surface area contributed by atoms with Crippen LogP contribution in [-0.4, -0.2) is 4.98 Å². The maximum absolute atomic E-state index is 3.28. The molecule has 0 fully saturated rings. The molecule has 1 rings (SSSR count). The van der Waals surface area contributed by atoms with Crippen molar-refractivity contribution in [1.29, 1.82) is 0 Å². The molecule has 0 unspecified atom stereocenters. The molecule has 0 bridgehead atoms. The first-order chi connectivity index (χ1) is 7.38. The number of imidazole rings is 1. The molecular formula is C13H25N2+.